The van der Waals surface area contributed by atoms with Gasteiger partial charge in [-0.2, -0.15) is 0 Å². The Bertz CT molecular complexity index is 1620. The standard InChI is InChI=1S/C30H29F2N5O5S/c31-20-2-4-22(24(32)11-20)17-1-3-23-18(9-17)5-6-36(29(23)40)14-26(38)37-16-30(41-7-8-42-30)12-25(37)28(39)35-13-21-10-19(15-43-21)27(33)34/h1-4,9-11,15,25H,5-8,12-14,16H2,(H3,33,34)(H,35,39)/t25-/m0/s1. The highest BCUT2D eigenvalue weighted by Crippen LogP contribution is 2.35. The van der Waals surface area contributed by atoms with Crippen molar-refractivity contribution in [1.29, 1.82) is 5.41 Å². The smallest absolute Gasteiger partial charge is 0.254 e. The minimum Gasteiger partial charge on any atom is -0.384 e. The van der Waals surface area contributed by atoms with Crippen LogP contribution >= 0.6 is 11.3 Å². The third-order valence-electron chi connectivity index (χ3n) is 7.97. The van der Waals surface area contributed by atoms with Gasteiger partial charge in [-0.3, -0.25) is 19.8 Å². The SMILES string of the molecule is N=C(N)c1csc(CNC(=O)[C@@H]2CC3(CN2C(=O)CN2CCc4cc(-c5ccc(F)cc5F)ccc4C2=O)OCCO3)c1. The number of benzene rings is 2. The fourth-order valence-electron chi connectivity index (χ4n) is 5.78. The largest absolute Gasteiger partial charge is 0.384 e. The second kappa shape index (κ2) is 11.5. The fraction of sp³-hybridized carbons (Fsp3) is 0.333. The first kappa shape index (κ1) is 28.9. The van der Waals surface area contributed by atoms with Crippen molar-refractivity contribution in [3.05, 3.63) is 81.0 Å². The monoisotopic (exact) mass is 609 g/mol. The Morgan fingerprint density at radius 1 is 1.12 bits per heavy atom. The minimum atomic E-state index is -1.08. The normalized spacial score (nSPS) is 19.1. The summed E-state index contributed by atoms with van der Waals surface area (Å²) in [4.78, 5) is 44.0. The van der Waals surface area contributed by atoms with E-state index in [0.717, 1.165) is 10.9 Å². The molecule has 2 saturated heterocycles. The fourth-order valence-corrected chi connectivity index (χ4v) is 6.60. The van der Waals surface area contributed by atoms with E-state index >= 15 is 0 Å². The van der Waals surface area contributed by atoms with E-state index in [1.807, 2.05) is 0 Å². The first-order valence-corrected chi connectivity index (χ1v) is 14.6. The molecule has 0 unspecified atom stereocenters. The van der Waals surface area contributed by atoms with Crippen LogP contribution in [-0.4, -0.2) is 78.0 Å². The lowest BCUT2D eigenvalue weighted by Gasteiger charge is -2.31. The molecule has 4 N–H and O–H groups in total. The molecule has 2 fully saturated rings. The van der Waals surface area contributed by atoms with Crippen molar-refractivity contribution in [2.45, 2.75) is 31.2 Å². The van der Waals surface area contributed by atoms with Crippen LogP contribution in [0.1, 0.15) is 32.8 Å². The topological polar surface area (TPSA) is 138 Å². The first-order chi connectivity index (χ1) is 20.6. The summed E-state index contributed by atoms with van der Waals surface area (Å²) >= 11 is 1.36. The lowest BCUT2D eigenvalue weighted by molar-refractivity contribution is -0.152. The van der Waals surface area contributed by atoms with E-state index in [9.17, 15) is 23.2 Å². The van der Waals surface area contributed by atoms with Crippen molar-refractivity contribution in [2.24, 2.45) is 5.73 Å². The number of amides is 3. The summed E-state index contributed by atoms with van der Waals surface area (Å²) < 4.78 is 39.3. The highest BCUT2D eigenvalue weighted by molar-refractivity contribution is 7.10. The number of halogens is 2. The lowest BCUT2D eigenvalue weighted by Crippen LogP contribution is -2.51. The molecule has 1 spiro atoms. The van der Waals surface area contributed by atoms with Crippen LogP contribution in [-0.2, 0) is 32.0 Å². The van der Waals surface area contributed by atoms with Crippen LogP contribution in [0, 0.1) is 17.0 Å². The predicted molar refractivity (Wildman–Crippen MR) is 153 cm³/mol. The van der Waals surface area contributed by atoms with Gasteiger partial charge in [0.2, 0.25) is 11.8 Å². The van der Waals surface area contributed by atoms with Gasteiger partial charge >= 0.3 is 0 Å². The number of thiophene rings is 1. The van der Waals surface area contributed by atoms with Crippen LogP contribution in [0.25, 0.3) is 11.1 Å². The molecule has 0 aliphatic carbocycles. The maximum absolute atomic E-state index is 14.3. The van der Waals surface area contributed by atoms with Crippen LogP contribution in [0.15, 0.2) is 47.8 Å². The summed E-state index contributed by atoms with van der Waals surface area (Å²) in [6.45, 7) is 0.985. The molecule has 1 aromatic heterocycles. The maximum Gasteiger partial charge on any atom is 0.254 e. The number of hydrogen-bond donors (Lipinski definition) is 3. The zero-order valence-corrected chi connectivity index (χ0v) is 23.8. The van der Waals surface area contributed by atoms with Gasteiger partial charge in [0.15, 0.2) is 5.79 Å². The number of nitrogens with zero attached hydrogens (tertiary/aromatic N) is 2. The van der Waals surface area contributed by atoms with Crippen molar-refractivity contribution in [1.82, 2.24) is 15.1 Å². The summed E-state index contributed by atoms with van der Waals surface area (Å²) in [5.74, 6) is -3.63. The molecule has 3 aromatic rings. The molecule has 1 atom stereocenters. The van der Waals surface area contributed by atoms with E-state index in [1.54, 1.807) is 29.6 Å². The molecule has 10 nitrogen and oxygen atoms in total. The van der Waals surface area contributed by atoms with Gasteiger partial charge in [0, 0.05) is 46.0 Å². The molecule has 13 heteroatoms. The van der Waals surface area contributed by atoms with E-state index in [2.05, 4.69) is 5.32 Å². The van der Waals surface area contributed by atoms with Crippen LogP contribution in [0.2, 0.25) is 0 Å². The molecule has 3 aliphatic rings. The summed E-state index contributed by atoms with van der Waals surface area (Å²) in [6, 6.07) is 9.14. The van der Waals surface area contributed by atoms with E-state index in [4.69, 9.17) is 20.6 Å². The number of hydrogen-bond acceptors (Lipinski definition) is 7. The Hall–Kier alpha value is -4.20. The third kappa shape index (κ3) is 5.75. The Balaban J connectivity index is 1.15. The first-order valence-electron chi connectivity index (χ1n) is 13.8. The van der Waals surface area contributed by atoms with Gasteiger partial charge in [-0.1, -0.05) is 12.1 Å². The van der Waals surface area contributed by atoms with Crippen LogP contribution < -0.4 is 11.1 Å². The van der Waals surface area contributed by atoms with Crippen LogP contribution in [0.3, 0.4) is 0 Å². The predicted octanol–water partition coefficient (Wildman–Crippen LogP) is 2.64. The Morgan fingerprint density at radius 2 is 1.88 bits per heavy atom. The number of likely N-dealkylation sites (tertiary alicyclic amines) is 1. The lowest BCUT2D eigenvalue weighted by atomic mass is 9.94. The van der Waals surface area contributed by atoms with Crippen molar-refractivity contribution in [3.63, 3.8) is 0 Å². The summed E-state index contributed by atoms with van der Waals surface area (Å²) in [7, 11) is 0. The summed E-state index contributed by atoms with van der Waals surface area (Å²) in [5, 5.41) is 12.2. The number of nitrogens with one attached hydrogen (secondary N) is 2. The molecule has 0 radical (unpaired) electrons. The molecule has 43 heavy (non-hydrogen) atoms. The highest BCUT2D eigenvalue weighted by atomic mass is 32.1. The molecule has 6 rings (SSSR count). The van der Waals surface area contributed by atoms with E-state index < -0.39 is 29.4 Å². The minimum absolute atomic E-state index is 0.0582. The number of carbonyl (C=O) groups is 3. The number of rotatable bonds is 7. The quantitative estimate of drug-likeness (QED) is 0.278. The zero-order chi connectivity index (χ0) is 30.3. The molecule has 3 amide bonds. The third-order valence-corrected chi connectivity index (χ3v) is 8.91. The zero-order valence-electron chi connectivity index (χ0n) is 23.0. The van der Waals surface area contributed by atoms with Crippen molar-refractivity contribution < 1.29 is 32.6 Å². The number of ether oxygens (including phenoxy) is 2. The molecule has 0 saturated carbocycles. The molecule has 0 bridgehead atoms. The van der Waals surface area contributed by atoms with Gasteiger partial charge in [0.05, 0.1) is 26.3 Å². The summed E-state index contributed by atoms with van der Waals surface area (Å²) in [5.41, 5.74) is 7.98. The van der Waals surface area contributed by atoms with Gasteiger partial charge in [-0.05, 0) is 41.8 Å². The maximum atomic E-state index is 14.3. The van der Waals surface area contributed by atoms with Gasteiger partial charge in [-0.25, -0.2) is 8.78 Å². The highest BCUT2D eigenvalue weighted by Gasteiger charge is 2.52. The second-order valence-corrected chi connectivity index (χ2v) is 11.8. The Morgan fingerprint density at radius 3 is 2.60 bits per heavy atom. The molecule has 2 aromatic carbocycles. The molecule has 3 aliphatic heterocycles. The van der Waals surface area contributed by atoms with E-state index in [1.165, 1.54) is 33.3 Å². The second-order valence-electron chi connectivity index (χ2n) is 10.8. The average molecular weight is 610 g/mol. The number of carbonyl (C=O) groups excluding carboxylic acids is 3. The van der Waals surface area contributed by atoms with Crippen LogP contribution in [0.4, 0.5) is 8.78 Å². The van der Waals surface area contributed by atoms with Crippen molar-refractivity contribution in [3.8, 4) is 11.1 Å². The summed E-state index contributed by atoms with van der Waals surface area (Å²) in [6.07, 6.45) is 0.599. The number of nitrogens with two attached hydrogens (primary N) is 1. The molecule has 224 valence electrons. The van der Waals surface area contributed by atoms with E-state index in [-0.39, 0.29) is 55.8 Å². The van der Waals surface area contributed by atoms with Gasteiger partial charge < -0.3 is 30.3 Å². The molecule has 4 heterocycles. The molecular weight excluding hydrogens is 580 g/mol. The Labute approximate surface area is 249 Å². The number of amidine groups is 1. The number of fused-ring (bicyclic) bond motifs is 1. The Kier molecular flexibility index (Phi) is 7.71. The van der Waals surface area contributed by atoms with E-state index in [0.29, 0.717) is 41.9 Å². The number of nitrogen functional groups attached to an aromatic ring is 1. The van der Waals surface area contributed by atoms with Gasteiger partial charge in [0.25, 0.3) is 5.91 Å². The van der Waals surface area contributed by atoms with Gasteiger partial charge in [-0.15, -0.1) is 11.3 Å². The van der Waals surface area contributed by atoms with Crippen molar-refractivity contribution in [2.75, 3.05) is 32.8 Å². The van der Waals surface area contributed by atoms with Crippen molar-refractivity contribution >= 4 is 34.9 Å². The van der Waals surface area contributed by atoms with Crippen LogP contribution in [0.5, 0.6) is 0 Å². The average Bonchev–Trinajstić information content (AvgIpc) is 3.74. The van der Waals surface area contributed by atoms with Gasteiger partial charge in [0.1, 0.15) is 30.1 Å². The molecular formula is C30H29F2N5O5S.